The van der Waals surface area contributed by atoms with Crippen LogP contribution in [0, 0.1) is 0 Å². The van der Waals surface area contributed by atoms with E-state index in [2.05, 4.69) is 66.4 Å². The lowest BCUT2D eigenvalue weighted by atomic mass is 9.82. The van der Waals surface area contributed by atoms with Crippen molar-refractivity contribution in [2.45, 2.75) is 52.4 Å². The molecule has 18 heavy (non-hydrogen) atoms. The van der Waals surface area contributed by atoms with Gasteiger partial charge >= 0.3 is 0 Å². The fraction of sp³-hybridized carbons (Fsp3) is 0.562. The quantitative estimate of drug-likeness (QED) is 0.542. The molecule has 0 saturated carbocycles. The summed E-state index contributed by atoms with van der Waals surface area (Å²) < 4.78 is 3.69. The molecule has 0 fully saturated rings. The molecule has 0 aliphatic carbocycles. The molecule has 98 valence electrons. The van der Waals surface area contributed by atoms with Gasteiger partial charge in [0.2, 0.25) is 5.69 Å². The molecule has 1 aliphatic rings. The van der Waals surface area contributed by atoms with Gasteiger partial charge in [0.1, 0.15) is 6.54 Å². The molecule has 2 heteroatoms. The maximum atomic E-state index is 3.59. The van der Waals surface area contributed by atoms with E-state index in [-0.39, 0.29) is 5.41 Å². The van der Waals surface area contributed by atoms with Gasteiger partial charge in [0.15, 0.2) is 5.71 Å². The van der Waals surface area contributed by atoms with Gasteiger partial charge in [-0.1, -0.05) is 29.3 Å². The Kier molecular flexibility index (Phi) is 3.96. The molecule has 1 aromatic rings. The highest BCUT2D eigenvalue weighted by Gasteiger charge is 2.42. The van der Waals surface area contributed by atoms with E-state index in [1.807, 2.05) is 0 Å². The second kappa shape index (κ2) is 5.16. The molecule has 0 spiro atoms. The van der Waals surface area contributed by atoms with Gasteiger partial charge in [-0.05, 0) is 32.4 Å². The van der Waals surface area contributed by atoms with Crippen molar-refractivity contribution in [2.24, 2.45) is 0 Å². The number of halogens is 1. The van der Waals surface area contributed by atoms with Gasteiger partial charge < -0.3 is 0 Å². The van der Waals surface area contributed by atoms with Gasteiger partial charge in [-0.2, -0.15) is 4.58 Å². The zero-order valence-corrected chi connectivity index (χ0v) is 13.5. The Labute approximate surface area is 119 Å². The van der Waals surface area contributed by atoms with Crippen molar-refractivity contribution in [3.63, 3.8) is 0 Å². The van der Waals surface area contributed by atoms with Crippen molar-refractivity contribution in [1.29, 1.82) is 0 Å². The highest BCUT2D eigenvalue weighted by atomic mass is 79.9. The molecule has 0 unspecified atom stereocenters. The second-order valence-corrected chi connectivity index (χ2v) is 6.65. The normalized spacial score (nSPS) is 17.2. The fourth-order valence-corrected chi connectivity index (χ4v) is 3.13. The number of rotatable bonds is 4. The fourth-order valence-electron chi connectivity index (χ4n) is 2.77. The summed E-state index contributed by atoms with van der Waals surface area (Å²) in [7, 11) is 0. The Hall–Kier alpha value is -0.630. The zero-order valence-electron chi connectivity index (χ0n) is 11.9. The number of hydrogen-bond acceptors (Lipinski definition) is 0. The largest absolute Gasteiger partial charge is 0.209 e. The lowest BCUT2D eigenvalue weighted by molar-refractivity contribution is -0.439. The maximum Gasteiger partial charge on any atom is 0.209 e. The van der Waals surface area contributed by atoms with E-state index < -0.39 is 0 Å². The van der Waals surface area contributed by atoms with Crippen LogP contribution in [-0.2, 0) is 5.41 Å². The van der Waals surface area contributed by atoms with Crippen LogP contribution in [0.2, 0.25) is 0 Å². The van der Waals surface area contributed by atoms with E-state index in [0.717, 1.165) is 6.54 Å². The third-order valence-corrected chi connectivity index (χ3v) is 4.71. The van der Waals surface area contributed by atoms with E-state index in [4.69, 9.17) is 0 Å². The number of unbranched alkanes of at least 4 members (excludes halogenated alkanes) is 2. The van der Waals surface area contributed by atoms with Crippen LogP contribution >= 0.6 is 15.9 Å². The summed E-state index contributed by atoms with van der Waals surface area (Å²) >= 11 is 3.59. The summed E-state index contributed by atoms with van der Waals surface area (Å²) in [6.07, 6.45) is 3.87. The first kappa shape index (κ1) is 13.8. The van der Waals surface area contributed by atoms with E-state index in [9.17, 15) is 0 Å². The monoisotopic (exact) mass is 308 g/mol. The van der Waals surface area contributed by atoms with Gasteiger partial charge in [-0.15, -0.1) is 0 Å². The molecular formula is C16H23BrN+. The Morgan fingerprint density at radius 2 is 1.94 bits per heavy atom. The van der Waals surface area contributed by atoms with Gasteiger partial charge in [-0.3, -0.25) is 0 Å². The number of nitrogens with zero attached hydrogens (tertiary/aromatic N) is 1. The zero-order chi connectivity index (χ0) is 13.3. The molecule has 1 aromatic carbocycles. The van der Waals surface area contributed by atoms with E-state index in [1.165, 1.54) is 40.7 Å². The second-order valence-electron chi connectivity index (χ2n) is 5.73. The highest BCUT2D eigenvalue weighted by molar-refractivity contribution is 9.10. The molecule has 1 nitrogen and oxygen atoms in total. The van der Waals surface area contributed by atoms with Crippen LogP contribution in [0.1, 0.15) is 52.5 Å². The predicted molar refractivity (Wildman–Crippen MR) is 82.2 cm³/mol. The van der Waals surface area contributed by atoms with Crippen molar-refractivity contribution < 1.29 is 4.58 Å². The molecule has 0 atom stereocenters. The Balaban J connectivity index is 2.38. The van der Waals surface area contributed by atoms with Crippen LogP contribution < -0.4 is 0 Å². The molecule has 0 bridgehead atoms. The van der Waals surface area contributed by atoms with Crippen LogP contribution in [0.3, 0.4) is 0 Å². The molecule has 0 radical (unpaired) electrons. The third-order valence-electron chi connectivity index (χ3n) is 4.22. The summed E-state index contributed by atoms with van der Waals surface area (Å²) in [5.74, 6) is 0. The van der Waals surface area contributed by atoms with Gasteiger partial charge in [0.05, 0.1) is 5.41 Å². The molecule has 0 saturated heterocycles. The van der Waals surface area contributed by atoms with Crippen LogP contribution in [0.5, 0.6) is 0 Å². The van der Waals surface area contributed by atoms with Crippen molar-refractivity contribution in [3.8, 4) is 0 Å². The van der Waals surface area contributed by atoms with Crippen LogP contribution in [0.25, 0.3) is 0 Å². The summed E-state index contributed by atoms with van der Waals surface area (Å²) in [6.45, 7) is 10.3. The van der Waals surface area contributed by atoms with Gasteiger partial charge in [0.25, 0.3) is 0 Å². The minimum absolute atomic E-state index is 0.158. The van der Waals surface area contributed by atoms with E-state index in [1.54, 1.807) is 0 Å². The standard InChI is InChI=1S/C16H23BrN/c1-5-6-7-10-18-12(2)16(3,4)14-11-13(17)8-9-15(14)18/h8-9,11H,5-7,10H2,1-4H3/q+1. The molecule has 1 aliphatic heterocycles. The molecular weight excluding hydrogens is 286 g/mol. The number of benzene rings is 1. The lowest BCUT2D eigenvalue weighted by Gasteiger charge is -2.14. The SMILES string of the molecule is CCCCC[N+]1=C(C)C(C)(C)c2cc(Br)ccc21. The van der Waals surface area contributed by atoms with Crippen molar-refractivity contribution in [1.82, 2.24) is 0 Å². The average Bonchev–Trinajstić information content (AvgIpc) is 2.51. The Morgan fingerprint density at radius 1 is 1.22 bits per heavy atom. The smallest absolute Gasteiger partial charge is 0.199 e. The van der Waals surface area contributed by atoms with Crippen molar-refractivity contribution in [2.75, 3.05) is 6.54 Å². The molecule has 0 amide bonds. The van der Waals surface area contributed by atoms with Crippen LogP contribution in [0.15, 0.2) is 22.7 Å². The van der Waals surface area contributed by atoms with Crippen LogP contribution in [0.4, 0.5) is 5.69 Å². The lowest BCUT2D eigenvalue weighted by Crippen LogP contribution is -2.26. The third kappa shape index (κ3) is 2.27. The molecule has 1 heterocycles. The Morgan fingerprint density at radius 3 is 2.61 bits per heavy atom. The van der Waals surface area contributed by atoms with E-state index in [0.29, 0.717) is 0 Å². The van der Waals surface area contributed by atoms with Gasteiger partial charge in [0, 0.05) is 29.4 Å². The first-order chi connectivity index (χ1) is 8.48. The minimum atomic E-state index is 0.158. The predicted octanol–water partition coefficient (Wildman–Crippen LogP) is 5.04. The molecule has 0 N–H and O–H groups in total. The Bertz CT molecular complexity index is 486. The minimum Gasteiger partial charge on any atom is -0.199 e. The maximum absolute atomic E-state index is 3.59. The summed E-state index contributed by atoms with van der Waals surface area (Å²) in [5.41, 5.74) is 4.49. The van der Waals surface area contributed by atoms with E-state index >= 15 is 0 Å². The topological polar surface area (TPSA) is 3.01 Å². The summed E-state index contributed by atoms with van der Waals surface area (Å²) in [6, 6.07) is 6.68. The molecule has 0 aromatic heterocycles. The highest BCUT2D eigenvalue weighted by Crippen LogP contribution is 2.40. The first-order valence-corrected chi connectivity index (χ1v) is 7.69. The van der Waals surface area contributed by atoms with Crippen molar-refractivity contribution in [3.05, 3.63) is 28.2 Å². The van der Waals surface area contributed by atoms with Gasteiger partial charge in [-0.25, -0.2) is 0 Å². The number of hydrogen-bond donors (Lipinski definition) is 0. The summed E-state index contributed by atoms with van der Waals surface area (Å²) in [4.78, 5) is 0. The average molecular weight is 309 g/mol. The number of fused-ring (bicyclic) bond motifs is 1. The summed E-state index contributed by atoms with van der Waals surface area (Å²) in [5, 5.41) is 0. The van der Waals surface area contributed by atoms with Crippen LogP contribution in [-0.4, -0.2) is 16.8 Å². The van der Waals surface area contributed by atoms with Crippen molar-refractivity contribution >= 4 is 27.3 Å². The molecule has 2 rings (SSSR count). The first-order valence-electron chi connectivity index (χ1n) is 6.90.